The minimum Gasteiger partial charge on any atom is -0.456 e. The van der Waals surface area contributed by atoms with Crippen LogP contribution in [0.3, 0.4) is 0 Å². The molecule has 0 saturated carbocycles. The lowest BCUT2D eigenvalue weighted by molar-refractivity contribution is -0.115. The molecule has 1 amide bonds. The maximum Gasteiger partial charge on any atom is 0.228 e. The molecule has 2 aromatic carbocycles. The highest BCUT2D eigenvalue weighted by Gasteiger charge is 2.17. The zero-order valence-corrected chi connectivity index (χ0v) is 22.1. The van der Waals surface area contributed by atoms with Crippen molar-refractivity contribution in [1.82, 2.24) is 14.8 Å². The molecule has 0 radical (unpaired) electrons. The van der Waals surface area contributed by atoms with Gasteiger partial charge in [-0.1, -0.05) is 6.07 Å². The number of hydrogen-bond acceptors (Lipinski definition) is 6. The van der Waals surface area contributed by atoms with Crippen LogP contribution in [0.15, 0.2) is 59.9 Å². The van der Waals surface area contributed by atoms with E-state index in [1.807, 2.05) is 57.6 Å². The van der Waals surface area contributed by atoms with Crippen LogP contribution in [-0.4, -0.2) is 35.3 Å². The summed E-state index contributed by atoms with van der Waals surface area (Å²) in [7, 11) is -3.37. The first-order chi connectivity index (χ1) is 16.8. The summed E-state index contributed by atoms with van der Waals surface area (Å²) < 4.78 is 32.1. The van der Waals surface area contributed by atoms with Gasteiger partial charge in [0.1, 0.15) is 11.5 Å². The minimum absolute atomic E-state index is 0.131. The summed E-state index contributed by atoms with van der Waals surface area (Å²) in [4.78, 5) is 17.2. The van der Waals surface area contributed by atoms with Crippen molar-refractivity contribution in [3.63, 3.8) is 0 Å². The number of hydrogen-bond donors (Lipinski definition) is 1. The van der Waals surface area contributed by atoms with Crippen molar-refractivity contribution in [2.45, 2.75) is 51.5 Å². The van der Waals surface area contributed by atoms with Crippen LogP contribution < -0.4 is 10.1 Å². The summed E-state index contributed by atoms with van der Waals surface area (Å²) in [5.74, 6) is 1.00. The number of nitrogens with zero attached hydrogens (tertiary/aromatic N) is 3. The lowest BCUT2D eigenvalue weighted by Gasteiger charge is -2.18. The average molecular weight is 507 g/mol. The van der Waals surface area contributed by atoms with Gasteiger partial charge in [-0.15, -0.1) is 0 Å². The molecule has 0 aliphatic heterocycles. The van der Waals surface area contributed by atoms with E-state index in [1.165, 1.54) is 12.3 Å². The fourth-order valence-electron chi connectivity index (χ4n) is 3.82. The molecule has 0 saturated heterocycles. The zero-order valence-electron chi connectivity index (χ0n) is 21.3. The van der Waals surface area contributed by atoms with Crippen LogP contribution in [0.25, 0.3) is 10.9 Å². The highest BCUT2D eigenvalue weighted by Crippen LogP contribution is 2.33. The summed E-state index contributed by atoms with van der Waals surface area (Å²) in [6, 6.07) is 10.3. The zero-order chi connectivity index (χ0) is 26.3. The van der Waals surface area contributed by atoms with Gasteiger partial charge in [0.05, 0.1) is 34.3 Å². The number of anilines is 1. The normalized spacial score (nSPS) is 12.1. The Morgan fingerprint density at radius 3 is 2.47 bits per heavy atom. The van der Waals surface area contributed by atoms with Crippen LogP contribution >= 0.6 is 0 Å². The fourth-order valence-corrected chi connectivity index (χ4v) is 4.47. The highest BCUT2D eigenvalue weighted by molar-refractivity contribution is 7.90. The van der Waals surface area contributed by atoms with Crippen LogP contribution in [-0.2, 0) is 26.6 Å². The third kappa shape index (κ3) is 5.57. The smallest absolute Gasteiger partial charge is 0.228 e. The van der Waals surface area contributed by atoms with Gasteiger partial charge in [0.2, 0.25) is 5.91 Å². The van der Waals surface area contributed by atoms with Gasteiger partial charge in [0.15, 0.2) is 9.84 Å². The van der Waals surface area contributed by atoms with Crippen LogP contribution in [0, 0.1) is 13.8 Å². The van der Waals surface area contributed by atoms with Gasteiger partial charge >= 0.3 is 0 Å². The fraction of sp³-hybridized carbons (Fsp3) is 0.296. The number of nitrogens with one attached hydrogen (secondary N) is 1. The van der Waals surface area contributed by atoms with Gasteiger partial charge in [-0.2, -0.15) is 5.10 Å². The second kappa shape index (κ2) is 9.39. The number of ether oxygens (including phenoxy) is 1. The van der Waals surface area contributed by atoms with Crippen molar-refractivity contribution in [2.24, 2.45) is 0 Å². The maximum absolute atomic E-state index is 12.7. The van der Waals surface area contributed by atoms with E-state index in [1.54, 1.807) is 30.6 Å². The number of fused-ring (bicyclic) bond motifs is 1. The van der Waals surface area contributed by atoms with Crippen molar-refractivity contribution in [1.29, 1.82) is 0 Å². The summed E-state index contributed by atoms with van der Waals surface area (Å²) in [5.41, 5.74) is 3.78. The van der Waals surface area contributed by atoms with Crippen LogP contribution in [0.1, 0.15) is 37.5 Å². The van der Waals surface area contributed by atoms with E-state index in [0.29, 0.717) is 28.1 Å². The number of aryl methyl sites for hydroxylation is 2. The lowest BCUT2D eigenvalue weighted by atomic mass is 10.0. The van der Waals surface area contributed by atoms with Crippen molar-refractivity contribution >= 4 is 32.3 Å². The highest BCUT2D eigenvalue weighted by atomic mass is 32.2. The van der Waals surface area contributed by atoms with Gasteiger partial charge in [-0.3, -0.25) is 14.5 Å². The van der Waals surface area contributed by atoms with E-state index in [4.69, 9.17) is 4.74 Å². The molecule has 2 heterocycles. The van der Waals surface area contributed by atoms with E-state index in [-0.39, 0.29) is 22.8 Å². The molecule has 4 aromatic rings. The van der Waals surface area contributed by atoms with Gasteiger partial charge in [0, 0.05) is 24.0 Å². The molecule has 0 aliphatic carbocycles. The molecule has 0 aliphatic rings. The molecule has 188 valence electrons. The van der Waals surface area contributed by atoms with Crippen LogP contribution in [0.5, 0.6) is 11.5 Å². The van der Waals surface area contributed by atoms with E-state index in [0.717, 1.165) is 16.7 Å². The lowest BCUT2D eigenvalue weighted by Crippen LogP contribution is -2.22. The molecule has 0 spiro atoms. The van der Waals surface area contributed by atoms with Crippen LogP contribution in [0.2, 0.25) is 0 Å². The molecule has 2 aromatic heterocycles. The summed E-state index contributed by atoms with van der Waals surface area (Å²) in [6.07, 6.45) is 6.47. The van der Waals surface area contributed by atoms with Gasteiger partial charge in [0.25, 0.3) is 0 Å². The predicted molar refractivity (Wildman–Crippen MR) is 140 cm³/mol. The maximum atomic E-state index is 12.7. The second-order valence-corrected chi connectivity index (χ2v) is 12.0. The Morgan fingerprint density at radius 2 is 1.81 bits per heavy atom. The number of pyridine rings is 1. The molecule has 9 heteroatoms. The Hall–Kier alpha value is -3.72. The summed E-state index contributed by atoms with van der Waals surface area (Å²) in [5, 5.41) is 7.84. The number of benzene rings is 2. The molecule has 4 rings (SSSR count). The van der Waals surface area contributed by atoms with Gasteiger partial charge in [-0.25, -0.2) is 8.42 Å². The first-order valence-electron chi connectivity index (χ1n) is 11.5. The number of carbonyl (C=O) groups excluding carboxylic acids is 1. The third-order valence-corrected chi connectivity index (χ3v) is 6.97. The first kappa shape index (κ1) is 25.4. The molecule has 36 heavy (non-hydrogen) atoms. The van der Waals surface area contributed by atoms with Crippen molar-refractivity contribution < 1.29 is 17.9 Å². The molecule has 1 N–H and O–H groups in total. The molecule has 8 nitrogen and oxygen atoms in total. The average Bonchev–Trinajstić information content (AvgIpc) is 3.25. The molecule has 0 fully saturated rings. The summed E-state index contributed by atoms with van der Waals surface area (Å²) in [6.45, 7) is 9.97. The van der Waals surface area contributed by atoms with Gasteiger partial charge < -0.3 is 10.1 Å². The Kier molecular flexibility index (Phi) is 6.62. The SMILES string of the molecule is Cc1cc(Oc2ccnc3ccc(S(C)(=O)=O)cc23)c(C)cc1CC(=O)Nc1cnn(C(C)(C)C)c1. The van der Waals surface area contributed by atoms with E-state index < -0.39 is 9.84 Å². The molecule has 0 atom stereocenters. The molecule has 0 unspecified atom stereocenters. The third-order valence-electron chi connectivity index (χ3n) is 5.86. The number of sulfone groups is 1. The van der Waals surface area contributed by atoms with Crippen molar-refractivity contribution in [3.05, 3.63) is 71.7 Å². The first-order valence-corrected chi connectivity index (χ1v) is 13.4. The minimum atomic E-state index is -3.37. The Labute approximate surface area is 211 Å². The predicted octanol–water partition coefficient (Wildman–Crippen LogP) is 5.18. The molecular weight excluding hydrogens is 476 g/mol. The number of aromatic nitrogens is 3. The van der Waals surface area contributed by atoms with Crippen molar-refractivity contribution in [2.75, 3.05) is 11.6 Å². The topological polar surface area (TPSA) is 103 Å². The van der Waals surface area contributed by atoms with Crippen LogP contribution in [0.4, 0.5) is 5.69 Å². The quantitative estimate of drug-likeness (QED) is 0.386. The molecule has 0 bridgehead atoms. The monoisotopic (exact) mass is 506 g/mol. The summed E-state index contributed by atoms with van der Waals surface area (Å²) >= 11 is 0. The number of rotatable bonds is 6. The van der Waals surface area contributed by atoms with E-state index in [9.17, 15) is 13.2 Å². The van der Waals surface area contributed by atoms with Crippen molar-refractivity contribution in [3.8, 4) is 11.5 Å². The van der Waals surface area contributed by atoms with E-state index >= 15 is 0 Å². The Balaban J connectivity index is 1.55. The Bertz CT molecular complexity index is 1570. The second-order valence-electron chi connectivity index (χ2n) is 9.98. The largest absolute Gasteiger partial charge is 0.456 e. The standard InChI is InChI=1S/C27H30N4O4S/c1-17-12-25(35-24-9-10-28-23-8-7-21(14-22(23)24)36(6,33)34)18(2)11-19(17)13-26(32)30-20-15-29-31(16-20)27(3,4)5/h7-12,14-16H,13H2,1-6H3,(H,30,32). The Morgan fingerprint density at radius 1 is 1.06 bits per heavy atom. The molecular formula is C27H30N4O4S. The number of carbonyl (C=O) groups is 1. The number of amides is 1. The van der Waals surface area contributed by atoms with Gasteiger partial charge in [-0.05, 0) is 81.6 Å². The van der Waals surface area contributed by atoms with E-state index in [2.05, 4.69) is 15.4 Å².